The van der Waals surface area contributed by atoms with Gasteiger partial charge in [-0.25, -0.2) is 9.78 Å². The van der Waals surface area contributed by atoms with Crippen molar-refractivity contribution in [2.45, 2.75) is 19.9 Å². The number of nitrogens with one attached hydrogen (secondary N) is 2. The third kappa shape index (κ3) is 3.88. The predicted octanol–water partition coefficient (Wildman–Crippen LogP) is 1.10. The number of quaternary nitrogens is 1. The fourth-order valence-corrected chi connectivity index (χ4v) is 3.34. The molecule has 8 nitrogen and oxygen atoms in total. The molecule has 2 heterocycles. The van der Waals surface area contributed by atoms with E-state index in [1.54, 1.807) is 11.8 Å². The fourth-order valence-electron chi connectivity index (χ4n) is 3.34. The molecule has 1 aliphatic rings. The monoisotopic (exact) mass is 370 g/mol. The number of benzene rings is 1. The summed E-state index contributed by atoms with van der Waals surface area (Å²) in [6, 6.07) is 9.29. The smallest absolute Gasteiger partial charge is 0.410 e. The Morgan fingerprint density at radius 2 is 2.15 bits per heavy atom. The molecule has 0 unspecified atom stereocenters. The van der Waals surface area contributed by atoms with E-state index in [2.05, 4.69) is 16.0 Å². The Balaban J connectivity index is 1.75. The van der Waals surface area contributed by atoms with Gasteiger partial charge in [0.2, 0.25) is 0 Å². The number of hydrogen-bond donors (Lipinski definition) is 3. The second kappa shape index (κ2) is 8.10. The van der Waals surface area contributed by atoms with Crippen molar-refractivity contribution in [3.8, 4) is 6.07 Å². The van der Waals surface area contributed by atoms with E-state index in [0.717, 1.165) is 15.9 Å². The Labute approximate surface area is 157 Å². The standard InChI is InChI=1S/C19H23N5O3/c1-3-27-19(26)24-10-8-23(9-11-24)13(2)17(25)14(12-20)18-21-15-6-4-5-7-16(15)22-18/h4-7,13,25H,3,8-11H2,1-2H3,(H,21,22)/p+1/b17-14-/t13-/m1/s1. The van der Waals surface area contributed by atoms with Crippen LogP contribution in [0.15, 0.2) is 30.0 Å². The van der Waals surface area contributed by atoms with Crippen LogP contribution in [0, 0.1) is 11.3 Å². The van der Waals surface area contributed by atoms with Crippen LogP contribution in [0.2, 0.25) is 0 Å². The van der Waals surface area contributed by atoms with Gasteiger partial charge in [-0.2, -0.15) is 5.26 Å². The molecule has 0 aliphatic carbocycles. The topological polar surface area (TPSA) is 107 Å². The summed E-state index contributed by atoms with van der Waals surface area (Å²) in [6.07, 6.45) is -0.302. The summed E-state index contributed by atoms with van der Waals surface area (Å²) in [5.74, 6) is 0.378. The normalized spacial score (nSPS) is 17.3. The maximum absolute atomic E-state index is 11.8. The lowest BCUT2D eigenvalue weighted by Gasteiger charge is -2.34. The fraction of sp³-hybridized carbons (Fsp3) is 0.421. The number of aromatic nitrogens is 2. The van der Waals surface area contributed by atoms with E-state index in [4.69, 9.17) is 4.74 Å². The van der Waals surface area contributed by atoms with Crippen molar-refractivity contribution < 1.29 is 19.5 Å². The van der Waals surface area contributed by atoms with Gasteiger partial charge in [-0.15, -0.1) is 0 Å². The summed E-state index contributed by atoms with van der Waals surface area (Å²) in [5.41, 5.74) is 1.71. The molecule has 0 spiro atoms. The van der Waals surface area contributed by atoms with Gasteiger partial charge in [0.15, 0.2) is 11.6 Å². The maximum Gasteiger partial charge on any atom is 0.410 e. The van der Waals surface area contributed by atoms with Crippen LogP contribution in [0.1, 0.15) is 19.7 Å². The molecular formula is C19H24N5O3+. The molecule has 1 amide bonds. The van der Waals surface area contributed by atoms with Crippen LogP contribution in [-0.4, -0.2) is 64.9 Å². The zero-order chi connectivity index (χ0) is 19.4. The molecular weight excluding hydrogens is 346 g/mol. The number of piperazine rings is 1. The van der Waals surface area contributed by atoms with Crippen LogP contribution in [-0.2, 0) is 4.74 Å². The quantitative estimate of drug-likeness (QED) is 0.552. The average Bonchev–Trinajstić information content (AvgIpc) is 3.12. The van der Waals surface area contributed by atoms with Gasteiger partial charge < -0.3 is 19.7 Å². The number of amides is 1. The molecule has 0 saturated carbocycles. The lowest BCUT2D eigenvalue weighted by molar-refractivity contribution is -0.923. The van der Waals surface area contributed by atoms with Gasteiger partial charge in [-0.05, 0) is 26.0 Å². The Morgan fingerprint density at radius 3 is 2.78 bits per heavy atom. The van der Waals surface area contributed by atoms with Crippen molar-refractivity contribution in [2.75, 3.05) is 32.8 Å². The van der Waals surface area contributed by atoms with Gasteiger partial charge in [0.1, 0.15) is 17.7 Å². The summed E-state index contributed by atoms with van der Waals surface area (Å²) < 4.78 is 5.03. The van der Waals surface area contributed by atoms with Gasteiger partial charge in [0.25, 0.3) is 0 Å². The molecule has 2 aromatic rings. The van der Waals surface area contributed by atoms with Crippen molar-refractivity contribution in [3.63, 3.8) is 0 Å². The lowest BCUT2D eigenvalue weighted by atomic mass is 10.1. The van der Waals surface area contributed by atoms with Gasteiger partial charge in [0, 0.05) is 0 Å². The number of aliphatic hydroxyl groups excluding tert-OH is 1. The third-order valence-electron chi connectivity index (χ3n) is 4.95. The Bertz CT molecular complexity index is 857. The van der Waals surface area contributed by atoms with E-state index in [-0.39, 0.29) is 23.5 Å². The van der Waals surface area contributed by atoms with Crippen LogP contribution >= 0.6 is 0 Å². The zero-order valence-corrected chi connectivity index (χ0v) is 15.5. The van der Waals surface area contributed by atoms with E-state index >= 15 is 0 Å². The largest absolute Gasteiger partial charge is 0.505 e. The molecule has 1 atom stereocenters. The minimum atomic E-state index is -0.302. The maximum atomic E-state index is 11.8. The average molecular weight is 370 g/mol. The number of aromatic amines is 1. The third-order valence-corrected chi connectivity index (χ3v) is 4.95. The van der Waals surface area contributed by atoms with Gasteiger partial charge in [0.05, 0.1) is 43.8 Å². The molecule has 3 N–H and O–H groups in total. The van der Waals surface area contributed by atoms with Gasteiger partial charge in [-0.1, -0.05) is 12.1 Å². The van der Waals surface area contributed by atoms with E-state index < -0.39 is 0 Å². The predicted molar refractivity (Wildman–Crippen MR) is 100 cm³/mol. The second-order valence-corrected chi connectivity index (χ2v) is 6.54. The number of aliphatic hydroxyl groups is 1. The SMILES string of the molecule is CCOC(=O)N1CC[NH+]([C@H](C)/C(O)=C(\C#N)c2nc3ccccc3[nH]2)CC1. The highest BCUT2D eigenvalue weighted by Gasteiger charge is 2.31. The highest BCUT2D eigenvalue weighted by atomic mass is 16.6. The molecule has 1 aromatic heterocycles. The molecule has 0 radical (unpaired) electrons. The Morgan fingerprint density at radius 1 is 1.44 bits per heavy atom. The molecule has 3 rings (SSSR count). The number of rotatable bonds is 4. The number of nitrogens with zero attached hydrogens (tertiary/aromatic N) is 3. The summed E-state index contributed by atoms with van der Waals surface area (Å²) in [6.45, 7) is 6.47. The number of carbonyl (C=O) groups is 1. The van der Waals surface area contributed by atoms with E-state index in [1.807, 2.05) is 31.2 Å². The van der Waals surface area contributed by atoms with E-state index in [1.165, 1.54) is 0 Å². The molecule has 142 valence electrons. The Kier molecular flexibility index (Phi) is 5.62. The van der Waals surface area contributed by atoms with Crippen molar-refractivity contribution in [2.24, 2.45) is 0 Å². The van der Waals surface area contributed by atoms with E-state index in [9.17, 15) is 15.2 Å². The summed E-state index contributed by atoms with van der Waals surface area (Å²) in [4.78, 5) is 22.1. The zero-order valence-electron chi connectivity index (χ0n) is 15.5. The number of fused-ring (bicyclic) bond motifs is 1. The van der Waals surface area contributed by atoms with Crippen molar-refractivity contribution in [1.29, 1.82) is 5.26 Å². The highest BCUT2D eigenvalue weighted by Crippen LogP contribution is 2.19. The van der Waals surface area contributed by atoms with Gasteiger partial charge >= 0.3 is 6.09 Å². The van der Waals surface area contributed by atoms with Crippen molar-refractivity contribution >= 4 is 22.7 Å². The van der Waals surface area contributed by atoms with Crippen LogP contribution in [0.3, 0.4) is 0 Å². The van der Waals surface area contributed by atoms with Gasteiger partial charge in [-0.3, -0.25) is 4.90 Å². The van der Waals surface area contributed by atoms with Crippen molar-refractivity contribution in [1.82, 2.24) is 14.9 Å². The molecule has 1 fully saturated rings. The number of H-pyrrole nitrogens is 1. The molecule has 1 aliphatic heterocycles. The second-order valence-electron chi connectivity index (χ2n) is 6.54. The first kappa shape index (κ1) is 18.7. The number of allylic oxidation sites excluding steroid dienone is 1. The number of nitriles is 1. The minimum absolute atomic E-state index is 0.0103. The van der Waals surface area contributed by atoms with Crippen molar-refractivity contribution in [3.05, 3.63) is 35.8 Å². The first-order chi connectivity index (χ1) is 13.0. The number of hydrogen-bond acceptors (Lipinski definition) is 5. The molecule has 8 heteroatoms. The summed E-state index contributed by atoms with van der Waals surface area (Å²) >= 11 is 0. The van der Waals surface area contributed by atoms with E-state index in [0.29, 0.717) is 38.6 Å². The summed E-state index contributed by atoms with van der Waals surface area (Å²) in [7, 11) is 0. The van der Waals surface area contributed by atoms with Crippen LogP contribution in [0.25, 0.3) is 16.6 Å². The minimum Gasteiger partial charge on any atom is -0.505 e. The lowest BCUT2D eigenvalue weighted by Crippen LogP contribution is -3.18. The molecule has 27 heavy (non-hydrogen) atoms. The molecule has 1 aromatic carbocycles. The first-order valence-corrected chi connectivity index (χ1v) is 9.09. The summed E-state index contributed by atoms with van der Waals surface area (Å²) in [5, 5.41) is 20.3. The molecule has 0 bridgehead atoms. The van der Waals surface area contributed by atoms with Crippen LogP contribution < -0.4 is 4.90 Å². The number of carbonyl (C=O) groups excluding carboxylic acids is 1. The Hall–Kier alpha value is -3.05. The number of imidazole rings is 1. The number of ether oxygens (including phenoxy) is 1. The highest BCUT2D eigenvalue weighted by molar-refractivity contribution is 5.82. The number of para-hydroxylation sites is 2. The first-order valence-electron chi connectivity index (χ1n) is 9.09. The molecule has 1 saturated heterocycles. The van der Waals surface area contributed by atoms with Crippen LogP contribution in [0.4, 0.5) is 4.79 Å². The van der Waals surface area contributed by atoms with Crippen LogP contribution in [0.5, 0.6) is 0 Å².